The molecule has 4 nitrogen and oxygen atoms in total. The topological polar surface area (TPSA) is 32.8 Å². The van der Waals surface area contributed by atoms with E-state index in [1.165, 1.54) is 44.5 Å². The van der Waals surface area contributed by atoms with Gasteiger partial charge in [0, 0.05) is 66.4 Å². The molecule has 0 aliphatic carbocycles. The first-order chi connectivity index (χ1) is 38.6. The Labute approximate surface area is 451 Å². The van der Waals surface area contributed by atoms with Crippen LogP contribution < -0.4 is 9.80 Å². The van der Waals surface area contributed by atoms with E-state index in [0.717, 1.165) is 99.5 Å². The van der Waals surface area contributed by atoms with Gasteiger partial charge < -0.3 is 18.6 Å². The molecule has 0 aliphatic rings. The molecule has 0 atom stereocenters. The van der Waals surface area contributed by atoms with Crippen LogP contribution in [-0.2, 0) is 0 Å². The van der Waals surface area contributed by atoms with E-state index in [4.69, 9.17) is 8.83 Å². The van der Waals surface area contributed by atoms with Crippen molar-refractivity contribution >= 4 is 99.5 Å². The SMILES string of the molecule is c1ccc(-c2ccc(N(c3ccc(-c4ccccc4)cc3)c3ccc4c(ccc5c6ccc7c8ccc9cc(N(c%10ccc(-c%11ccccc%11)cc%10)c%10ccc(-c%11ccccc%11)cc%10)ccc9c8oc7c6oc45)c3)cc2)cc1. The quantitative estimate of drug-likeness (QED) is 0.137. The summed E-state index contributed by atoms with van der Waals surface area (Å²) in [6, 6.07) is 104. The number of furan rings is 2. The van der Waals surface area contributed by atoms with Crippen molar-refractivity contribution in [2.75, 3.05) is 9.80 Å². The van der Waals surface area contributed by atoms with Crippen LogP contribution in [0.5, 0.6) is 0 Å². The van der Waals surface area contributed by atoms with Gasteiger partial charge in [-0.05, 0) is 164 Å². The highest BCUT2D eigenvalue weighted by atomic mass is 16.4. The fourth-order valence-electron chi connectivity index (χ4n) is 11.5. The Morgan fingerprint density at radius 2 is 0.410 bits per heavy atom. The van der Waals surface area contributed by atoms with Crippen LogP contribution in [0.3, 0.4) is 0 Å². The summed E-state index contributed by atoms with van der Waals surface area (Å²) in [5.74, 6) is 0. The molecule has 15 rings (SSSR count). The monoisotopic (exact) mass is 996 g/mol. The molecule has 13 aromatic carbocycles. The maximum absolute atomic E-state index is 7.01. The zero-order chi connectivity index (χ0) is 51.5. The first-order valence-electron chi connectivity index (χ1n) is 26.5. The Morgan fingerprint density at radius 3 is 0.705 bits per heavy atom. The maximum Gasteiger partial charge on any atom is 0.178 e. The average molecular weight is 997 g/mol. The smallest absolute Gasteiger partial charge is 0.178 e. The Morgan fingerprint density at radius 1 is 0.179 bits per heavy atom. The van der Waals surface area contributed by atoms with Gasteiger partial charge in [0.05, 0.1) is 0 Å². The van der Waals surface area contributed by atoms with E-state index in [2.05, 4.69) is 301 Å². The van der Waals surface area contributed by atoms with Crippen LogP contribution in [0.25, 0.3) is 110 Å². The molecular weight excluding hydrogens is 949 g/mol. The molecule has 0 unspecified atom stereocenters. The maximum atomic E-state index is 7.01. The van der Waals surface area contributed by atoms with E-state index >= 15 is 0 Å². The van der Waals surface area contributed by atoms with Crippen LogP contribution in [-0.4, -0.2) is 0 Å². The zero-order valence-electron chi connectivity index (χ0n) is 42.4. The number of fused-ring (bicyclic) bond motifs is 11. The highest BCUT2D eigenvalue weighted by molar-refractivity contribution is 6.24. The van der Waals surface area contributed by atoms with Crippen LogP contribution in [0.4, 0.5) is 34.1 Å². The van der Waals surface area contributed by atoms with Crippen LogP contribution in [0, 0.1) is 0 Å². The van der Waals surface area contributed by atoms with Crippen molar-refractivity contribution in [2.24, 2.45) is 0 Å². The van der Waals surface area contributed by atoms with E-state index in [9.17, 15) is 0 Å². The molecule has 366 valence electrons. The summed E-state index contributed by atoms with van der Waals surface area (Å²) in [6.07, 6.45) is 0. The number of hydrogen-bond donors (Lipinski definition) is 0. The summed E-state index contributed by atoms with van der Waals surface area (Å²) in [5.41, 5.74) is 19.1. The van der Waals surface area contributed by atoms with Crippen molar-refractivity contribution < 1.29 is 8.83 Å². The molecule has 0 saturated carbocycles. The second kappa shape index (κ2) is 18.7. The third-order valence-electron chi connectivity index (χ3n) is 15.5. The fraction of sp³-hybridized carbons (Fsp3) is 0. The minimum absolute atomic E-state index is 0.753. The van der Waals surface area contributed by atoms with E-state index in [1.807, 2.05) is 0 Å². The first-order valence-corrected chi connectivity index (χ1v) is 26.5. The van der Waals surface area contributed by atoms with Gasteiger partial charge in [0.15, 0.2) is 11.2 Å². The normalized spacial score (nSPS) is 11.6. The van der Waals surface area contributed by atoms with Gasteiger partial charge >= 0.3 is 0 Å². The van der Waals surface area contributed by atoms with E-state index < -0.39 is 0 Å². The van der Waals surface area contributed by atoms with Gasteiger partial charge in [-0.15, -0.1) is 0 Å². The molecule has 0 N–H and O–H groups in total. The van der Waals surface area contributed by atoms with Crippen molar-refractivity contribution in [1.82, 2.24) is 0 Å². The lowest BCUT2D eigenvalue weighted by Crippen LogP contribution is -2.09. The molecule has 4 heteroatoms. The van der Waals surface area contributed by atoms with Gasteiger partial charge in [-0.1, -0.05) is 182 Å². The summed E-state index contributed by atoms with van der Waals surface area (Å²) >= 11 is 0. The lowest BCUT2D eigenvalue weighted by Gasteiger charge is -2.26. The Bertz CT molecular complexity index is 4200. The third kappa shape index (κ3) is 7.86. The Balaban J connectivity index is 0.807. The highest BCUT2D eigenvalue weighted by Gasteiger charge is 2.22. The Kier molecular flexibility index (Phi) is 10.8. The molecule has 2 heterocycles. The molecule has 0 amide bonds. The molecule has 0 radical (unpaired) electrons. The molecule has 0 spiro atoms. The average Bonchev–Trinajstić information content (AvgIpc) is 4.33. The summed E-state index contributed by atoms with van der Waals surface area (Å²) in [7, 11) is 0. The lowest BCUT2D eigenvalue weighted by molar-refractivity contribution is 0.637. The zero-order valence-corrected chi connectivity index (χ0v) is 42.4. The molecule has 15 aromatic rings. The molecule has 0 fully saturated rings. The second-order valence-electron chi connectivity index (χ2n) is 20.0. The van der Waals surface area contributed by atoms with Crippen LogP contribution in [0.1, 0.15) is 0 Å². The van der Waals surface area contributed by atoms with Gasteiger partial charge in [0.25, 0.3) is 0 Å². The van der Waals surface area contributed by atoms with Gasteiger partial charge in [-0.2, -0.15) is 0 Å². The van der Waals surface area contributed by atoms with Crippen molar-refractivity contribution in [1.29, 1.82) is 0 Å². The lowest BCUT2D eigenvalue weighted by atomic mass is 10.0. The molecule has 2 aromatic heterocycles. The number of anilines is 6. The van der Waals surface area contributed by atoms with Gasteiger partial charge in [-0.3, -0.25) is 0 Å². The van der Waals surface area contributed by atoms with Crippen molar-refractivity contribution in [3.05, 3.63) is 291 Å². The predicted octanol–water partition coefficient (Wildman–Crippen LogP) is 21.4. The van der Waals surface area contributed by atoms with E-state index in [1.54, 1.807) is 0 Å². The Hall–Kier alpha value is -10.4. The standard InChI is InChI=1S/C74H48N2O2/c1-5-13-49(14-6-1)53-21-31-59(32-22-53)75(60-33-23-54(24-34-60)50-15-7-2-8-16-50)63-39-43-65-57(47-63)29-41-67-69-45-46-70-68-42-30-58-48-64(40-44-66(58)72(68)78-74(70)73(69)77-71(65)67)76(61-35-25-55(26-36-61)51-17-9-3-10-18-51)62-37-27-56(28-38-62)52-19-11-4-12-20-52/h1-48H. The molecule has 0 aliphatic heterocycles. The van der Waals surface area contributed by atoms with Crippen molar-refractivity contribution in [3.63, 3.8) is 0 Å². The summed E-state index contributed by atoms with van der Waals surface area (Å²) in [4.78, 5) is 4.67. The first kappa shape index (κ1) is 45.0. The number of benzene rings is 13. The minimum Gasteiger partial charge on any atom is -0.451 e. The highest BCUT2D eigenvalue weighted by Crippen LogP contribution is 2.46. The molecule has 78 heavy (non-hydrogen) atoms. The number of nitrogens with zero attached hydrogens (tertiary/aromatic N) is 2. The van der Waals surface area contributed by atoms with Gasteiger partial charge in [0.2, 0.25) is 0 Å². The third-order valence-corrected chi connectivity index (χ3v) is 15.5. The largest absolute Gasteiger partial charge is 0.451 e. The predicted molar refractivity (Wildman–Crippen MR) is 327 cm³/mol. The van der Waals surface area contributed by atoms with Crippen LogP contribution in [0.15, 0.2) is 300 Å². The van der Waals surface area contributed by atoms with Crippen LogP contribution in [0.2, 0.25) is 0 Å². The summed E-state index contributed by atoms with van der Waals surface area (Å²) in [5, 5.41) is 8.43. The summed E-state index contributed by atoms with van der Waals surface area (Å²) in [6.45, 7) is 0. The fourth-order valence-corrected chi connectivity index (χ4v) is 11.5. The van der Waals surface area contributed by atoms with Crippen molar-refractivity contribution in [2.45, 2.75) is 0 Å². The number of rotatable bonds is 10. The van der Waals surface area contributed by atoms with Gasteiger partial charge in [-0.25, -0.2) is 0 Å². The summed E-state index contributed by atoms with van der Waals surface area (Å²) < 4.78 is 14.0. The second-order valence-corrected chi connectivity index (χ2v) is 20.0. The molecule has 0 bridgehead atoms. The minimum atomic E-state index is 0.753. The van der Waals surface area contributed by atoms with E-state index in [-0.39, 0.29) is 0 Å². The van der Waals surface area contributed by atoms with E-state index in [0.29, 0.717) is 0 Å². The molecule has 0 saturated heterocycles. The van der Waals surface area contributed by atoms with Gasteiger partial charge in [0.1, 0.15) is 11.2 Å². The van der Waals surface area contributed by atoms with Crippen molar-refractivity contribution in [3.8, 4) is 44.5 Å². The molecular formula is C74H48N2O2. The number of hydrogen-bond acceptors (Lipinski definition) is 4. The van der Waals surface area contributed by atoms with Crippen LogP contribution >= 0.6 is 0 Å².